The van der Waals surface area contributed by atoms with Crippen LogP contribution in [0, 0.1) is 10.8 Å². The summed E-state index contributed by atoms with van der Waals surface area (Å²) in [5.74, 6) is 0.429. The van der Waals surface area contributed by atoms with Crippen LogP contribution in [0.25, 0.3) is 10.9 Å². The molecule has 7 atom stereocenters. The average Bonchev–Trinajstić information content (AvgIpc) is 3.22. The molecule has 0 unspecified atom stereocenters. The fourth-order valence-electron chi connectivity index (χ4n) is 7.83. The molecular weight excluding hydrogens is 386 g/mol. The van der Waals surface area contributed by atoms with Gasteiger partial charge in [-0.15, -0.1) is 0 Å². The standard InChI is InChI=1S/C27H33NO3/c1-15(2)24-21(29)13-18-22(31-24)10-11-26(4)25(3)14-20-23(17(25)9-12-27(18,26)30)16-7-5-6-8-19(16)28-20/h5-8,13,17,21-22,24,28-30H,1,9-12,14H2,2-4H3/t17-,21+,22-,24+,25-,26+,27+/m0/s1. The zero-order valence-corrected chi connectivity index (χ0v) is 18.7. The van der Waals surface area contributed by atoms with Crippen molar-refractivity contribution in [2.24, 2.45) is 10.8 Å². The molecule has 2 fully saturated rings. The van der Waals surface area contributed by atoms with Gasteiger partial charge in [0.1, 0.15) is 12.2 Å². The first-order chi connectivity index (χ1) is 14.7. The normalized spacial score (nSPS) is 43.6. The predicted molar refractivity (Wildman–Crippen MR) is 122 cm³/mol. The molecule has 2 heterocycles. The number of aromatic nitrogens is 1. The second-order valence-corrected chi connectivity index (χ2v) is 11.0. The van der Waals surface area contributed by atoms with Crippen LogP contribution in [0.5, 0.6) is 0 Å². The molecule has 1 aliphatic heterocycles. The summed E-state index contributed by atoms with van der Waals surface area (Å²) in [6.45, 7) is 10.6. The molecule has 2 aromatic rings. The Morgan fingerprint density at radius 3 is 2.74 bits per heavy atom. The number of aliphatic hydroxyl groups excluding tert-OH is 1. The van der Waals surface area contributed by atoms with E-state index in [-0.39, 0.29) is 23.0 Å². The maximum absolute atomic E-state index is 12.3. The SMILES string of the molecule is C=C(C)[C@H]1O[C@H]2CC[C@@]3(C)[C@@](O)(CC[C@H]4c5c([nH]c6ccccc56)C[C@@]43C)C2=C[C@H]1O. The largest absolute Gasteiger partial charge is 0.386 e. The van der Waals surface area contributed by atoms with Crippen molar-refractivity contribution in [3.8, 4) is 0 Å². The van der Waals surface area contributed by atoms with Gasteiger partial charge in [-0.05, 0) is 79.2 Å². The Labute approximate surface area is 184 Å². The van der Waals surface area contributed by atoms with Crippen molar-refractivity contribution < 1.29 is 14.9 Å². The van der Waals surface area contributed by atoms with E-state index >= 15 is 0 Å². The summed E-state index contributed by atoms with van der Waals surface area (Å²) in [5, 5.41) is 24.4. The summed E-state index contributed by atoms with van der Waals surface area (Å²) >= 11 is 0. The van der Waals surface area contributed by atoms with Gasteiger partial charge in [0, 0.05) is 22.0 Å². The van der Waals surface area contributed by atoms with Crippen molar-refractivity contribution in [1.82, 2.24) is 4.98 Å². The number of ether oxygens (including phenoxy) is 1. The molecule has 4 heteroatoms. The Morgan fingerprint density at radius 2 is 1.97 bits per heavy atom. The van der Waals surface area contributed by atoms with Gasteiger partial charge in [-0.25, -0.2) is 0 Å². The number of hydrogen-bond donors (Lipinski definition) is 3. The minimum Gasteiger partial charge on any atom is -0.386 e. The second-order valence-electron chi connectivity index (χ2n) is 11.0. The molecule has 0 amide bonds. The van der Waals surface area contributed by atoms with E-state index < -0.39 is 11.7 Å². The van der Waals surface area contributed by atoms with Crippen LogP contribution in [0.1, 0.15) is 63.6 Å². The maximum Gasteiger partial charge on any atom is 0.108 e. The zero-order chi connectivity index (χ0) is 21.8. The van der Waals surface area contributed by atoms with Crippen molar-refractivity contribution in [1.29, 1.82) is 0 Å². The average molecular weight is 420 g/mol. The molecule has 4 aliphatic rings. The molecule has 1 aromatic carbocycles. The van der Waals surface area contributed by atoms with Gasteiger partial charge in [0.15, 0.2) is 0 Å². The lowest BCUT2D eigenvalue weighted by atomic mass is 9.42. The molecule has 164 valence electrons. The van der Waals surface area contributed by atoms with Crippen molar-refractivity contribution in [2.75, 3.05) is 0 Å². The molecule has 0 saturated heterocycles. The van der Waals surface area contributed by atoms with E-state index in [4.69, 9.17) is 4.74 Å². The Kier molecular flexibility index (Phi) is 3.91. The molecule has 6 rings (SSSR count). The summed E-state index contributed by atoms with van der Waals surface area (Å²) in [4.78, 5) is 3.69. The van der Waals surface area contributed by atoms with Gasteiger partial charge in [0.2, 0.25) is 0 Å². The van der Waals surface area contributed by atoms with Gasteiger partial charge in [-0.1, -0.05) is 38.6 Å². The Balaban J connectivity index is 1.45. The minimum atomic E-state index is -0.957. The number of benzene rings is 1. The molecule has 4 nitrogen and oxygen atoms in total. The lowest BCUT2D eigenvalue weighted by Gasteiger charge is -2.65. The van der Waals surface area contributed by atoms with E-state index in [9.17, 15) is 10.2 Å². The van der Waals surface area contributed by atoms with Crippen LogP contribution in [-0.2, 0) is 11.2 Å². The number of fused-ring (bicyclic) bond motifs is 9. The first-order valence-electron chi connectivity index (χ1n) is 11.7. The Morgan fingerprint density at radius 1 is 1.19 bits per heavy atom. The van der Waals surface area contributed by atoms with E-state index in [0.717, 1.165) is 36.8 Å². The van der Waals surface area contributed by atoms with Crippen molar-refractivity contribution in [3.63, 3.8) is 0 Å². The highest BCUT2D eigenvalue weighted by Gasteiger charge is 2.69. The number of rotatable bonds is 1. The Hall–Kier alpha value is -1.88. The van der Waals surface area contributed by atoms with Gasteiger partial charge < -0.3 is 19.9 Å². The number of H-pyrrole nitrogens is 1. The number of para-hydroxylation sites is 1. The van der Waals surface area contributed by atoms with Crippen LogP contribution in [-0.4, -0.2) is 39.1 Å². The lowest BCUT2D eigenvalue weighted by Crippen LogP contribution is -2.66. The van der Waals surface area contributed by atoms with Crippen LogP contribution < -0.4 is 0 Å². The summed E-state index contributed by atoms with van der Waals surface area (Å²) in [6, 6.07) is 8.62. The highest BCUT2D eigenvalue weighted by atomic mass is 16.5. The number of hydrogen-bond acceptors (Lipinski definition) is 3. The van der Waals surface area contributed by atoms with Crippen LogP contribution in [0.4, 0.5) is 0 Å². The van der Waals surface area contributed by atoms with Crippen LogP contribution in [0.3, 0.4) is 0 Å². The summed E-state index contributed by atoms with van der Waals surface area (Å²) in [7, 11) is 0. The smallest absolute Gasteiger partial charge is 0.108 e. The van der Waals surface area contributed by atoms with Crippen LogP contribution in [0.15, 0.2) is 48.1 Å². The van der Waals surface area contributed by atoms with Crippen molar-refractivity contribution in [3.05, 3.63) is 59.3 Å². The van der Waals surface area contributed by atoms with Gasteiger partial charge >= 0.3 is 0 Å². The van der Waals surface area contributed by atoms with E-state index in [1.54, 1.807) is 0 Å². The second kappa shape index (κ2) is 6.12. The number of aromatic amines is 1. The first kappa shape index (κ1) is 19.8. The maximum atomic E-state index is 12.3. The highest BCUT2D eigenvalue weighted by molar-refractivity contribution is 5.86. The molecule has 3 N–H and O–H groups in total. The first-order valence-corrected chi connectivity index (χ1v) is 11.7. The zero-order valence-electron chi connectivity index (χ0n) is 18.7. The fraction of sp³-hybridized carbons (Fsp3) is 0.556. The van der Waals surface area contributed by atoms with E-state index in [1.807, 2.05) is 13.0 Å². The monoisotopic (exact) mass is 419 g/mol. The van der Waals surface area contributed by atoms with E-state index in [2.05, 4.69) is 49.7 Å². The highest BCUT2D eigenvalue weighted by Crippen LogP contribution is 2.71. The van der Waals surface area contributed by atoms with Crippen molar-refractivity contribution in [2.45, 2.75) is 82.7 Å². The molecule has 1 aromatic heterocycles. The quantitative estimate of drug-likeness (QED) is 0.584. The molecule has 31 heavy (non-hydrogen) atoms. The number of nitrogens with one attached hydrogen (secondary N) is 1. The summed E-state index contributed by atoms with van der Waals surface area (Å²) in [6.07, 6.45) is 5.03. The van der Waals surface area contributed by atoms with E-state index in [1.165, 1.54) is 22.2 Å². The van der Waals surface area contributed by atoms with E-state index in [0.29, 0.717) is 12.3 Å². The number of aliphatic hydroxyl groups is 2. The third-order valence-corrected chi connectivity index (χ3v) is 9.65. The Bertz CT molecular complexity index is 1130. The lowest BCUT2D eigenvalue weighted by molar-refractivity contribution is -0.199. The topological polar surface area (TPSA) is 65.5 Å². The molecule has 0 spiro atoms. The van der Waals surface area contributed by atoms with Gasteiger partial charge in [0.25, 0.3) is 0 Å². The third kappa shape index (κ3) is 2.26. The van der Waals surface area contributed by atoms with Gasteiger partial charge in [0.05, 0.1) is 11.7 Å². The minimum absolute atomic E-state index is 0.0484. The molecular formula is C27H33NO3. The van der Waals surface area contributed by atoms with Gasteiger partial charge in [-0.2, -0.15) is 0 Å². The van der Waals surface area contributed by atoms with Crippen LogP contribution in [0.2, 0.25) is 0 Å². The van der Waals surface area contributed by atoms with Crippen LogP contribution >= 0.6 is 0 Å². The fourth-order valence-corrected chi connectivity index (χ4v) is 7.83. The third-order valence-electron chi connectivity index (χ3n) is 9.65. The summed E-state index contributed by atoms with van der Waals surface area (Å²) in [5.41, 5.74) is 4.49. The van der Waals surface area contributed by atoms with Gasteiger partial charge in [-0.3, -0.25) is 0 Å². The molecule has 2 saturated carbocycles. The molecule has 3 aliphatic carbocycles. The van der Waals surface area contributed by atoms with Crippen molar-refractivity contribution >= 4 is 10.9 Å². The predicted octanol–water partition coefficient (Wildman–Crippen LogP) is 4.77. The summed E-state index contributed by atoms with van der Waals surface area (Å²) < 4.78 is 6.29. The molecule has 0 radical (unpaired) electrons. The molecule has 0 bridgehead atoms.